The fourth-order valence-electron chi connectivity index (χ4n) is 5.36. The van der Waals surface area contributed by atoms with Crippen molar-refractivity contribution in [3.05, 3.63) is 105 Å². The summed E-state index contributed by atoms with van der Waals surface area (Å²) in [6.07, 6.45) is 0. The molecule has 0 bridgehead atoms. The van der Waals surface area contributed by atoms with Crippen LogP contribution in [0.2, 0.25) is 10.0 Å². The second kappa shape index (κ2) is 10.4. The zero-order chi connectivity index (χ0) is 28.0. The van der Waals surface area contributed by atoms with Crippen LogP contribution in [0.15, 0.2) is 66.7 Å². The minimum Gasteiger partial charge on any atom is -0.496 e. The van der Waals surface area contributed by atoms with Gasteiger partial charge < -0.3 is 14.6 Å². The summed E-state index contributed by atoms with van der Waals surface area (Å²) in [6.45, 7) is 6.13. The van der Waals surface area contributed by atoms with Crippen molar-refractivity contribution < 1.29 is 14.3 Å². The molecular weight excluding hydrogens is 533 g/mol. The van der Waals surface area contributed by atoms with Crippen LogP contribution in [0.1, 0.15) is 63.5 Å². The summed E-state index contributed by atoms with van der Waals surface area (Å²) in [7, 11) is 3.19. The van der Waals surface area contributed by atoms with Gasteiger partial charge in [-0.05, 0) is 80.4 Å². The molecule has 0 unspecified atom stereocenters. The van der Waals surface area contributed by atoms with E-state index in [9.17, 15) is 9.59 Å². The molecule has 0 aliphatic carbocycles. The largest absolute Gasteiger partial charge is 0.496 e. The van der Waals surface area contributed by atoms with Gasteiger partial charge in [0.1, 0.15) is 11.8 Å². The Bertz CT molecular complexity index is 1590. The first-order chi connectivity index (χ1) is 18.7. The van der Waals surface area contributed by atoms with Gasteiger partial charge in [0.25, 0.3) is 11.8 Å². The lowest BCUT2D eigenvalue weighted by Gasteiger charge is -2.30. The topological polar surface area (TPSA) is 63.6 Å². The average molecular weight is 562 g/mol. The number of fused-ring (bicyclic) bond motifs is 1. The number of anilines is 1. The molecule has 1 aliphatic rings. The van der Waals surface area contributed by atoms with E-state index >= 15 is 0 Å². The number of methoxy groups -OCH3 is 1. The third-order valence-corrected chi connectivity index (χ3v) is 7.63. The van der Waals surface area contributed by atoms with Crippen molar-refractivity contribution in [1.82, 2.24) is 9.88 Å². The molecule has 2 heterocycles. The van der Waals surface area contributed by atoms with E-state index in [2.05, 4.69) is 23.7 Å². The van der Waals surface area contributed by atoms with Crippen molar-refractivity contribution in [2.45, 2.75) is 32.9 Å². The van der Waals surface area contributed by atoms with Gasteiger partial charge >= 0.3 is 0 Å². The van der Waals surface area contributed by atoms with E-state index in [4.69, 9.17) is 27.9 Å². The lowest BCUT2D eigenvalue weighted by atomic mass is 10.0. The molecule has 0 radical (unpaired) electrons. The van der Waals surface area contributed by atoms with Crippen molar-refractivity contribution in [2.75, 3.05) is 19.1 Å². The van der Waals surface area contributed by atoms with Crippen LogP contribution in [0, 0.1) is 6.92 Å². The normalized spacial score (nSPS) is 14.6. The second-order valence-electron chi connectivity index (χ2n) is 9.85. The number of carbonyl (C=O) groups excluding carboxylic acids is 2. The van der Waals surface area contributed by atoms with Crippen LogP contribution in [-0.4, -0.2) is 30.5 Å². The average Bonchev–Trinajstić information content (AvgIpc) is 3.45. The number of nitrogens with one attached hydrogen (secondary N) is 1. The van der Waals surface area contributed by atoms with Crippen LogP contribution in [0.3, 0.4) is 0 Å². The van der Waals surface area contributed by atoms with Crippen LogP contribution in [0.25, 0.3) is 11.3 Å². The van der Waals surface area contributed by atoms with Gasteiger partial charge in [-0.3, -0.25) is 14.5 Å². The summed E-state index contributed by atoms with van der Waals surface area (Å²) in [5, 5.41) is 3.85. The summed E-state index contributed by atoms with van der Waals surface area (Å²) in [5.74, 6) is 0.281. The summed E-state index contributed by atoms with van der Waals surface area (Å²) in [6, 6.07) is 19.9. The highest BCUT2D eigenvalue weighted by atomic mass is 35.5. The van der Waals surface area contributed by atoms with Crippen LogP contribution in [0.4, 0.5) is 5.69 Å². The number of benzene rings is 3. The van der Waals surface area contributed by atoms with Gasteiger partial charge in [-0.1, -0.05) is 41.4 Å². The van der Waals surface area contributed by atoms with Crippen LogP contribution < -0.4 is 15.0 Å². The molecule has 1 atom stereocenters. The molecule has 200 valence electrons. The highest BCUT2D eigenvalue weighted by molar-refractivity contribution is 6.31. The van der Waals surface area contributed by atoms with Crippen molar-refractivity contribution in [3.63, 3.8) is 0 Å². The first-order valence-corrected chi connectivity index (χ1v) is 13.4. The number of hydrogen-bond acceptors (Lipinski definition) is 3. The van der Waals surface area contributed by atoms with Gasteiger partial charge in [-0.2, -0.15) is 0 Å². The quantitative estimate of drug-likeness (QED) is 0.265. The molecule has 39 heavy (non-hydrogen) atoms. The Labute approximate surface area is 238 Å². The first kappa shape index (κ1) is 26.9. The number of halogens is 2. The fraction of sp³-hybridized carbons (Fsp3) is 0.226. The standard InChI is InChI=1S/C31H29Cl2N3O3/c1-17(2)35-26(23-14-20(30(37)34-4)9-13-27(23)39-5)16-24-29(35)28(19-7-11-21(32)12-8-19)36(31(24)38)25-15-22(33)10-6-18(25)3/h6-17,28H,1-5H3,(H,34,37)/t28-/m1/s1. The van der Waals surface area contributed by atoms with Gasteiger partial charge in [0.2, 0.25) is 0 Å². The lowest BCUT2D eigenvalue weighted by Crippen LogP contribution is -2.30. The van der Waals surface area contributed by atoms with Crippen LogP contribution in [-0.2, 0) is 0 Å². The Morgan fingerprint density at radius 2 is 1.64 bits per heavy atom. The molecule has 8 heteroatoms. The number of amides is 2. The Balaban J connectivity index is 1.80. The Hall–Kier alpha value is -3.74. The summed E-state index contributed by atoms with van der Waals surface area (Å²) >= 11 is 12.7. The maximum atomic E-state index is 14.3. The van der Waals surface area contributed by atoms with Gasteiger partial charge in [0, 0.05) is 39.9 Å². The van der Waals surface area contributed by atoms with Gasteiger partial charge in [-0.15, -0.1) is 0 Å². The minimum absolute atomic E-state index is 0.0138. The first-order valence-electron chi connectivity index (χ1n) is 12.7. The van der Waals surface area contributed by atoms with Crippen molar-refractivity contribution in [2.24, 2.45) is 0 Å². The lowest BCUT2D eigenvalue weighted by molar-refractivity contribution is 0.0961. The molecule has 0 saturated heterocycles. The number of rotatable bonds is 6. The Kier molecular flexibility index (Phi) is 7.19. The maximum Gasteiger partial charge on any atom is 0.261 e. The molecule has 6 nitrogen and oxygen atoms in total. The van der Waals surface area contributed by atoms with Gasteiger partial charge in [0.15, 0.2) is 0 Å². The molecule has 0 fully saturated rings. The molecule has 1 aromatic heterocycles. The number of aryl methyl sites for hydroxylation is 1. The summed E-state index contributed by atoms with van der Waals surface area (Å²) in [4.78, 5) is 28.6. The van der Waals surface area contributed by atoms with Crippen molar-refractivity contribution in [3.8, 4) is 17.0 Å². The zero-order valence-electron chi connectivity index (χ0n) is 22.4. The predicted octanol–water partition coefficient (Wildman–Crippen LogP) is 7.47. The maximum absolute atomic E-state index is 14.3. The van der Waals surface area contributed by atoms with E-state index in [0.29, 0.717) is 26.9 Å². The van der Waals surface area contributed by atoms with E-state index in [1.54, 1.807) is 26.3 Å². The van der Waals surface area contributed by atoms with E-state index < -0.39 is 6.04 Å². The van der Waals surface area contributed by atoms with Crippen molar-refractivity contribution >= 4 is 40.7 Å². The van der Waals surface area contributed by atoms with E-state index in [1.807, 2.05) is 66.4 Å². The molecule has 0 spiro atoms. The second-order valence-corrected chi connectivity index (χ2v) is 10.7. The zero-order valence-corrected chi connectivity index (χ0v) is 23.9. The van der Waals surface area contributed by atoms with Crippen LogP contribution in [0.5, 0.6) is 5.75 Å². The Morgan fingerprint density at radius 3 is 2.28 bits per heavy atom. The third kappa shape index (κ3) is 4.58. The molecule has 0 saturated carbocycles. The molecule has 3 aromatic carbocycles. The van der Waals surface area contributed by atoms with E-state index in [1.165, 1.54) is 0 Å². The monoisotopic (exact) mass is 561 g/mol. The molecular formula is C31H29Cl2N3O3. The van der Waals surface area contributed by atoms with E-state index in [0.717, 1.165) is 33.8 Å². The van der Waals surface area contributed by atoms with Crippen LogP contribution >= 0.6 is 23.2 Å². The number of carbonyl (C=O) groups is 2. The SMILES string of the molecule is CNC(=O)c1ccc(OC)c(-c2cc3c(n2C(C)C)[C@@H](c2ccc(Cl)cc2)N(c2cc(Cl)ccc2C)C3=O)c1. The smallest absolute Gasteiger partial charge is 0.261 e. The van der Waals surface area contributed by atoms with E-state index in [-0.39, 0.29) is 17.9 Å². The molecule has 2 amide bonds. The molecule has 1 N–H and O–H groups in total. The predicted molar refractivity (Wildman–Crippen MR) is 156 cm³/mol. The molecule has 4 aromatic rings. The van der Waals surface area contributed by atoms with Gasteiger partial charge in [-0.25, -0.2) is 0 Å². The number of nitrogens with zero attached hydrogens (tertiary/aromatic N) is 2. The number of aromatic nitrogens is 1. The third-order valence-electron chi connectivity index (χ3n) is 7.14. The number of hydrogen-bond donors (Lipinski definition) is 1. The minimum atomic E-state index is -0.425. The molecule has 1 aliphatic heterocycles. The van der Waals surface area contributed by atoms with Gasteiger partial charge in [0.05, 0.1) is 24.1 Å². The summed E-state index contributed by atoms with van der Waals surface area (Å²) in [5.41, 5.74) is 6.09. The Morgan fingerprint density at radius 1 is 0.949 bits per heavy atom. The highest BCUT2D eigenvalue weighted by Crippen LogP contribution is 2.48. The summed E-state index contributed by atoms with van der Waals surface area (Å²) < 4.78 is 7.87. The number of ether oxygens (including phenoxy) is 1. The molecule has 5 rings (SSSR count). The fourth-order valence-corrected chi connectivity index (χ4v) is 5.65. The van der Waals surface area contributed by atoms with Crippen molar-refractivity contribution in [1.29, 1.82) is 0 Å². The highest BCUT2D eigenvalue weighted by Gasteiger charge is 2.44.